The summed E-state index contributed by atoms with van der Waals surface area (Å²) in [6.45, 7) is 20.1. The number of allylic oxidation sites excluding steroid dienone is 6. The van der Waals surface area contributed by atoms with E-state index in [0.29, 0.717) is 50.5 Å². The average Bonchev–Trinajstić information content (AvgIpc) is 3.27. The number of esters is 1. The molecular weight excluding hydrogens is 874 g/mol. The maximum atomic E-state index is 14.4. The molecule has 1 aliphatic carbocycles. The molecule has 1 saturated carbocycles. The highest BCUT2D eigenvalue weighted by Gasteiger charge is 2.53. The highest BCUT2D eigenvalue weighted by atomic mass is 31.2. The minimum Gasteiger partial charge on any atom is -0.460 e. The molecule has 378 valence electrons. The Labute approximate surface area is 401 Å². The predicted molar refractivity (Wildman–Crippen MR) is 260 cm³/mol. The molecule has 2 saturated heterocycles. The van der Waals surface area contributed by atoms with E-state index in [1.807, 2.05) is 58.1 Å². The molecule has 67 heavy (non-hydrogen) atoms. The molecule has 2 N–H and O–H groups in total. The van der Waals surface area contributed by atoms with Crippen molar-refractivity contribution in [1.82, 2.24) is 4.90 Å². The van der Waals surface area contributed by atoms with Crippen LogP contribution in [0, 0.1) is 47.3 Å². The van der Waals surface area contributed by atoms with Crippen LogP contribution in [0.5, 0.6) is 0 Å². The number of ketones is 3. The molecule has 2 bridgehead atoms. The summed E-state index contributed by atoms with van der Waals surface area (Å²) in [7, 11) is -1.10. The standard InChI is InChI=1S/C53H84NO12P/c1-32-18-14-13-15-19-33(2)46(63-10)30-42-23-21-39(8)53(61,65-42)50(58)51(59)54-25-17-16-20-43(54)52(60)64-47(36(5)29-41-22-24-45(35(4)28-41)66-67(11,12)62)31-44(55)34(3)27-38(7)49(57)40(9)48(56)37(6)26-32/h13-15,18-19,27,32,34-37,39-43,45-47,49,57,61H,16-17,20-26,28-31H2,1-12H3/b15-13+,18-14+,33-19+,38-27+/t32-,34-,35-,36-,37-,39-,40+,41-,42+,43?,45?,46+,47+,49-,53-/m1/s1. The molecule has 0 aromatic rings. The number of amides is 1. The van der Waals surface area contributed by atoms with Crippen molar-refractivity contribution in [1.29, 1.82) is 0 Å². The van der Waals surface area contributed by atoms with E-state index in [1.165, 1.54) is 4.90 Å². The number of Topliss-reactive ketones (excluding diaryl/α,β-unsaturated/α-hetero) is 3. The van der Waals surface area contributed by atoms with Crippen molar-refractivity contribution in [2.45, 2.75) is 182 Å². The summed E-state index contributed by atoms with van der Waals surface area (Å²) in [6.07, 6.45) is 14.3. The highest BCUT2D eigenvalue weighted by Crippen LogP contribution is 2.46. The van der Waals surface area contributed by atoms with Crippen molar-refractivity contribution in [3.63, 3.8) is 0 Å². The summed E-state index contributed by atoms with van der Waals surface area (Å²) in [5.74, 6) is -7.83. The van der Waals surface area contributed by atoms with E-state index in [4.69, 9.17) is 18.7 Å². The molecule has 0 aromatic carbocycles. The van der Waals surface area contributed by atoms with Gasteiger partial charge in [-0.05, 0) is 113 Å². The first-order valence-electron chi connectivity index (χ1n) is 25.0. The zero-order valence-electron chi connectivity index (χ0n) is 42.6. The fourth-order valence-corrected chi connectivity index (χ4v) is 11.7. The Kier molecular flexibility index (Phi) is 21.2. The van der Waals surface area contributed by atoms with Gasteiger partial charge in [-0.25, -0.2) is 4.79 Å². The Hall–Kier alpha value is -3.06. The van der Waals surface area contributed by atoms with Crippen LogP contribution in [0.25, 0.3) is 0 Å². The van der Waals surface area contributed by atoms with Crippen molar-refractivity contribution in [2.75, 3.05) is 27.0 Å². The second-order valence-corrected chi connectivity index (χ2v) is 24.0. The molecular formula is C53H84NO12P. The molecule has 3 aliphatic heterocycles. The van der Waals surface area contributed by atoms with Crippen LogP contribution in [0.15, 0.2) is 47.6 Å². The summed E-state index contributed by atoms with van der Waals surface area (Å²) in [5, 5.41) is 23.4. The third kappa shape index (κ3) is 15.7. The molecule has 3 heterocycles. The van der Waals surface area contributed by atoms with Gasteiger partial charge in [0.05, 0.1) is 24.4 Å². The number of carbonyl (C=O) groups is 5. The Morgan fingerprint density at radius 1 is 0.896 bits per heavy atom. The van der Waals surface area contributed by atoms with Crippen molar-refractivity contribution in [2.24, 2.45) is 47.3 Å². The van der Waals surface area contributed by atoms with Gasteiger partial charge in [-0.1, -0.05) is 84.9 Å². The predicted octanol–water partition coefficient (Wildman–Crippen LogP) is 8.98. The topological polar surface area (TPSA) is 183 Å². The monoisotopic (exact) mass is 958 g/mol. The first kappa shape index (κ1) is 56.5. The number of carbonyl (C=O) groups excluding carboxylic acids is 5. The smallest absolute Gasteiger partial charge is 0.329 e. The van der Waals surface area contributed by atoms with E-state index in [9.17, 15) is 38.8 Å². The van der Waals surface area contributed by atoms with Crippen molar-refractivity contribution < 1.29 is 57.5 Å². The highest BCUT2D eigenvalue weighted by molar-refractivity contribution is 7.57. The van der Waals surface area contributed by atoms with Gasteiger partial charge in [0.2, 0.25) is 5.79 Å². The van der Waals surface area contributed by atoms with Crippen LogP contribution in [-0.4, -0.2) is 114 Å². The third-order valence-electron chi connectivity index (χ3n) is 15.0. The van der Waals surface area contributed by atoms with Crippen LogP contribution < -0.4 is 0 Å². The Bertz CT molecular complexity index is 1900. The molecule has 2 unspecified atom stereocenters. The third-order valence-corrected chi connectivity index (χ3v) is 15.8. The van der Waals surface area contributed by atoms with Gasteiger partial charge in [-0.3, -0.25) is 23.7 Å². The molecule has 4 aliphatic rings. The van der Waals surface area contributed by atoms with Crippen LogP contribution in [-0.2, 0) is 47.3 Å². The van der Waals surface area contributed by atoms with Gasteiger partial charge in [-0.2, -0.15) is 0 Å². The van der Waals surface area contributed by atoms with E-state index in [-0.39, 0.29) is 66.6 Å². The number of fused-ring (bicyclic) bond motifs is 3. The van der Waals surface area contributed by atoms with Crippen LogP contribution in [0.1, 0.15) is 139 Å². The summed E-state index contributed by atoms with van der Waals surface area (Å²) in [5.41, 5.74) is 1.39. The number of aliphatic hydroxyl groups is 2. The van der Waals surface area contributed by atoms with Crippen LogP contribution in [0.3, 0.4) is 0 Å². The number of nitrogens with zero attached hydrogens (tertiary/aromatic N) is 1. The number of aliphatic hydroxyl groups excluding tert-OH is 1. The van der Waals surface area contributed by atoms with Crippen molar-refractivity contribution in [3.05, 3.63) is 47.6 Å². The fourth-order valence-electron chi connectivity index (χ4n) is 10.7. The van der Waals surface area contributed by atoms with Gasteiger partial charge in [0.15, 0.2) is 7.37 Å². The number of ether oxygens (including phenoxy) is 3. The first-order chi connectivity index (χ1) is 31.4. The van der Waals surface area contributed by atoms with Gasteiger partial charge >= 0.3 is 5.97 Å². The van der Waals surface area contributed by atoms with E-state index in [1.54, 1.807) is 54.2 Å². The molecule has 14 heteroatoms. The van der Waals surface area contributed by atoms with E-state index < -0.39 is 79.0 Å². The Morgan fingerprint density at radius 3 is 2.25 bits per heavy atom. The minimum absolute atomic E-state index is 0.0657. The van der Waals surface area contributed by atoms with Gasteiger partial charge in [0, 0.05) is 63.5 Å². The SMILES string of the molecule is CO[C@H]1C[C@@H]2CC[C@@H](C)[C@@](O)(O2)C(=O)C(=O)N2CCCCC2C(=O)O[C@H]([C@H](C)C[C@@H]2CCC(OP(C)(C)=O)[C@H](C)C2)CC(=O)[C@H](C)/C=C(\C)[C@@H](O)[C@@H](C)C(=O)[C@H](C)C[C@H](C)/C=C/C=C/C=C/1C. The molecule has 0 aromatic heterocycles. The van der Waals surface area contributed by atoms with Gasteiger partial charge < -0.3 is 33.8 Å². The fraction of sp³-hybridized carbons (Fsp3) is 0.755. The molecule has 15 atom stereocenters. The summed E-state index contributed by atoms with van der Waals surface area (Å²) < 4.78 is 36.8. The largest absolute Gasteiger partial charge is 0.460 e. The Morgan fingerprint density at radius 2 is 1.60 bits per heavy atom. The van der Waals surface area contributed by atoms with Crippen molar-refractivity contribution in [3.8, 4) is 0 Å². The van der Waals surface area contributed by atoms with Crippen LogP contribution in [0.2, 0.25) is 0 Å². The zero-order chi connectivity index (χ0) is 50.0. The summed E-state index contributed by atoms with van der Waals surface area (Å²) in [4.78, 5) is 72.0. The molecule has 4 rings (SSSR count). The number of methoxy groups -OCH3 is 1. The van der Waals surface area contributed by atoms with Crippen molar-refractivity contribution >= 4 is 36.6 Å². The molecule has 0 spiro atoms. The summed E-state index contributed by atoms with van der Waals surface area (Å²) >= 11 is 0. The number of cyclic esters (lactones) is 1. The van der Waals surface area contributed by atoms with Gasteiger partial charge in [0.25, 0.3) is 11.7 Å². The normalized spacial score (nSPS) is 39.8. The minimum atomic E-state index is -2.69. The molecule has 1 amide bonds. The zero-order valence-corrected chi connectivity index (χ0v) is 43.5. The lowest BCUT2D eigenvalue weighted by Gasteiger charge is -2.42. The number of piperidine rings is 1. The number of hydrogen-bond acceptors (Lipinski definition) is 12. The van der Waals surface area contributed by atoms with E-state index in [0.717, 1.165) is 24.8 Å². The van der Waals surface area contributed by atoms with Crippen LogP contribution >= 0.6 is 7.37 Å². The maximum absolute atomic E-state index is 14.4. The second-order valence-electron chi connectivity index (χ2n) is 21.3. The quantitative estimate of drug-likeness (QED) is 0.112. The molecule has 0 radical (unpaired) electrons. The molecule has 13 nitrogen and oxygen atoms in total. The maximum Gasteiger partial charge on any atom is 0.329 e. The van der Waals surface area contributed by atoms with Gasteiger partial charge in [0.1, 0.15) is 23.7 Å². The van der Waals surface area contributed by atoms with Crippen LogP contribution in [0.4, 0.5) is 0 Å². The number of rotatable bonds is 6. The first-order valence-corrected chi connectivity index (χ1v) is 27.5. The Balaban J connectivity index is 1.68. The lowest BCUT2D eigenvalue weighted by molar-refractivity contribution is -0.265. The van der Waals surface area contributed by atoms with E-state index in [2.05, 4.69) is 6.92 Å². The lowest BCUT2D eigenvalue weighted by atomic mass is 9.75. The van der Waals surface area contributed by atoms with Gasteiger partial charge in [-0.15, -0.1) is 0 Å². The summed E-state index contributed by atoms with van der Waals surface area (Å²) in [6, 6.07) is -1.12. The van der Waals surface area contributed by atoms with E-state index >= 15 is 0 Å². The average molecular weight is 958 g/mol. The molecule has 3 fully saturated rings. The number of hydrogen-bond donors (Lipinski definition) is 2. The second kappa shape index (κ2) is 25.2. The lowest BCUT2D eigenvalue weighted by Crippen LogP contribution is -2.61.